The molecule has 2 aromatic rings. The Kier molecular flexibility index (Phi) is 3.85. The van der Waals surface area contributed by atoms with Gasteiger partial charge in [-0.1, -0.05) is 6.07 Å². The van der Waals surface area contributed by atoms with Crippen LogP contribution in [0.2, 0.25) is 0 Å². The van der Waals surface area contributed by atoms with Gasteiger partial charge in [0.05, 0.1) is 16.0 Å². The Hall–Kier alpha value is -2.55. The Morgan fingerprint density at radius 2 is 2.00 bits per heavy atom. The van der Waals surface area contributed by atoms with Gasteiger partial charge in [0.25, 0.3) is 15.7 Å². The van der Waals surface area contributed by atoms with Gasteiger partial charge in [-0.3, -0.25) is 19.4 Å². The zero-order chi connectivity index (χ0) is 15.6. The average Bonchev–Trinajstić information content (AvgIpc) is 2.47. The zero-order valence-corrected chi connectivity index (χ0v) is 12.1. The van der Waals surface area contributed by atoms with Crippen molar-refractivity contribution < 1.29 is 13.3 Å². The summed E-state index contributed by atoms with van der Waals surface area (Å²) in [6.45, 7) is 1.54. The first-order chi connectivity index (χ1) is 9.84. The Labute approximate surface area is 121 Å². The highest BCUT2D eigenvalue weighted by atomic mass is 32.2. The minimum atomic E-state index is -3.94. The van der Waals surface area contributed by atoms with Crippen LogP contribution in [0, 0.1) is 17.0 Å². The summed E-state index contributed by atoms with van der Waals surface area (Å²) in [5.74, 6) is 0.126. The highest BCUT2D eigenvalue weighted by molar-refractivity contribution is 7.92. The number of aromatic nitrogens is 2. The topological polar surface area (TPSA) is 106 Å². The molecule has 0 amide bonds. The normalized spacial score (nSPS) is 11.1. The lowest BCUT2D eigenvalue weighted by Gasteiger charge is -2.17. The van der Waals surface area contributed by atoms with Crippen molar-refractivity contribution >= 4 is 21.5 Å². The van der Waals surface area contributed by atoms with Crippen LogP contribution in [0.4, 0.5) is 11.5 Å². The lowest BCUT2D eigenvalue weighted by atomic mass is 10.2. The number of benzene rings is 1. The third kappa shape index (κ3) is 2.82. The molecule has 0 saturated carbocycles. The third-order valence-electron chi connectivity index (χ3n) is 2.91. The number of rotatable bonds is 4. The van der Waals surface area contributed by atoms with Crippen LogP contribution in [0.1, 0.15) is 5.56 Å². The van der Waals surface area contributed by atoms with E-state index in [4.69, 9.17) is 0 Å². The molecule has 0 aliphatic heterocycles. The van der Waals surface area contributed by atoms with Crippen molar-refractivity contribution in [2.75, 3.05) is 11.4 Å². The predicted octanol–water partition coefficient (Wildman–Crippen LogP) is 1.52. The summed E-state index contributed by atoms with van der Waals surface area (Å²) < 4.78 is 25.8. The number of nitro groups is 1. The van der Waals surface area contributed by atoms with E-state index in [0.29, 0.717) is 5.56 Å². The number of anilines is 1. The highest BCUT2D eigenvalue weighted by Gasteiger charge is 2.25. The second-order valence-corrected chi connectivity index (χ2v) is 6.21. The smallest absolute Gasteiger partial charge is 0.259 e. The molecule has 0 bridgehead atoms. The van der Waals surface area contributed by atoms with Crippen LogP contribution in [-0.4, -0.2) is 30.4 Å². The molecule has 0 N–H and O–H groups in total. The molecular weight excluding hydrogens is 296 g/mol. The summed E-state index contributed by atoms with van der Waals surface area (Å²) in [4.78, 5) is 17.8. The first kappa shape index (κ1) is 14.9. The summed E-state index contributed by atoms with van der Waals surface area (Å²) in [7, 11) is -2.63. The zero-order valence-electron chi connectivity index (χ0n) is 11.3. The van der Waals surface area contributed by atoms with E-state index in [9.17, 15) is 18.5 Å². The van der Waals surface area contributed by atoms with E-state index >= 15 is 0 Å². The van der Waals surface area contributed by atoms with E-state index < -0.39 is 14.9 Å². The first-order valence-corrected chi connectivity index (χ1v) is 7.28. The van der Waals surface area contributed by atoms with Crippen molar-refractivity contribution in [1.82, 2.24) is 9.97 Å². The maximum Gasteiger partial charge on any atom is 0.273 e. The van der Waals surface area contributed by atoms with E-state index in [0.717, 1.165) is 10.4 Å². The molecule has 0 saturated heterocycles. The van der Waals surface area contributed by atoms with E-state index in [1.54, 1.807) is 6.92 Å². The number of nitrogens with zero attached hydrogens (tertiary/aromatic N) is 4. The summed E-state index contributed by atoms with van der Waals surface area (Å²) in [6, 6.07) is 3.76. The van der Waals surface area contributed by atoms with Gasteiger partial charge in [0.2, 0.25) is 0 Å². The summed E-state index contributed by atoms with van der Waals surface area (Å²) in [5.41, 5.74) is 0.143. The van der Waals surface area contributed by atoms with Crippen LogP contribution in [0.15, 0.2) is 41.7 Å². The molecule has 0 aliphatic rings. The van der Waals surface area contributed by atoms with E-state index in [2.05, 4.69) is 9.97 Å². The van der Waals surface area contributed by atoms with Crippen LogP contribution in [0.3, 0.4) is 0 Å². The summed E-state index contributed by atoms with van der Waals surface area (Å²) in [6.07, 6.45) is 4.07. The molecule has 0 atom stereocenters. The standard InChI is InChI=1S/C12H12N4O4S/c1-9-3-4-10(7-11(9)16(17)18)21(19,20)15(2)12-8-13-5-6-14-12/h3-8H,1-2H3. The van der Waals surface area contributed by atoms with Crippen LogP contribution < -0.4 is 4.31 Å². The van der Waals surface area contributed by atoms with Gasteiger partial charge in [-0.2, -0.15) is 0 Å². The van der Waals surface area contributed by atoms with E-state index in [-0.39, 0.29) is 16.4 Å². The van der Waals surface area contributed by atoms with Gasteiger partial charge < -0.3 is 0 Å². The molecular formula is C12H12N4O4S. The molecule has 8 nitrogen and oxygen atoms in total. The van der Waals surface area contributed by atoms with Gasteiger partial charge in [0.15, 0.2) is 5.82 Å². The number of hydrogen-bond acceptors (Lipinski definition) is 6. The number of aryl methyl sites for hydroxylation is 1. The minimum absolute atomic E-state index is 0.126. The summed E-state index contributed by atoms with van der Waals surface area (Å²) in [5, 5.41) is 10.9. The summed E-state index contributed by atoms with van der Waals surface area (Å²) >= 11 is 0. The molecule has 0 spiro atoms. The van der Waals surface area contributed by atoms with Crippen LogP contribution in [0.25, 0.3) is 0 Å². The molecule has 1 heterocycles. The quantitative estimate of drug-likeness (QED) is 0.626. The molecule has 1 aromatic heterocycles. The van der Waals surface area contributed by atoms with Gasteiger partial charge in [0, 0.05) is 31.1 Å². The highest BCUT2D eigenvalue weighted by Crippen LogP contribution is 2.25. The Balaban J connectivity index is 2.50. The Morgan fingerprint density at radius 3 is 2.57 bits per heavy atom. The molecule has 0 fully saturated rings. The van der Waals surface area contributed by atoms with Crippen molar-refractivity contribution in [3.05, 3.63) is 52.5 Å². The minimum Gasteiger partial charge on any atom is -0.259 e. The van der Waals surface area contributed by atoms with Gasteiger partial charge in [-0.05, 0) is 13.0 Å². The van der Waals surface area contributed by atoms with Crippen LogP contribution in [0.5, 0.6) is 0 Å². The average molecular weight is 308 g/mol. The lowest BCUT2D eigenvalue weighted by Crippen LogP contribution is -2.27. The van der Waals surface area contributed by atoms with Crippen molar-refractivity contribution in [2.24, 2.45) is 0 Å². The van der Waals surface area contributed by atoms with Gasteiger partial charge in [-0.15, -0.1) is 0 Å². The molecule has 21 heavy (non-hydrogen) atoms. The van der Waals surface area contributed by atoms with E-state index in [1.807, 2.05) is 0 Å². The largest absolute Gasteiger partial charge is 0.273 e. The number of nitro benzene ring substituents is 1. The van der Waals surface area contributed by atoms with Crippen LogP contribution in [-0.2, 0) is 10.0 Å². The molecule has 0 aliphatic carbocycles. The van der Waals surface area contributed by atoms with Gasteiger partial charge in [0.1, 0.15) is 0 Å². The first-order valence-electron chi connectivity index (χ1n) is 5.84. The van der Waals surface area contributed by atoms with Gasteiger partial charge in [-0.25, -0.2) is 13.4 Å². The van der Waals surface area contributed by atoms with Gasteiger partial charge >= 0.3 is 0 Å². The fraction of sp³-hybridized carbons (Fsp3) is 0.167. The van der Waals surface area contributed by atoms with E-state index in [1.165, 1.54) is 37.8 Å². The predicted molar refractivity (Wildman–Crippen MR) is 75.5 cm³/mol. The molecule has 0 unspecified atom stereocenters. The number of sulfonamides is 1. The molecule has 0 radical (unpaired) electrons. The Bertz CT molecular complexity index is 777. The maximum atomic E-state index is 12.5. The monoisotopic (exact) mass is 308 g/mol. The fourth-order valence-electron chi connectivity index (χ4n) is 1.68. The molecule has 110 valence electrons. The SMILES string of the molecule is Cc1ccc(S(=O)(=O)N(C)c2cnccn2)cc1[N+](=O)[O-]. The van der Waals surface area contributed by atoms with Crippen molar-refractivity contribution in [1.29, 1.82) is 0 Å². The van der Waals surface area contributed by atoms with Crippen molar-refractivity contribution in [3.63, 3.8) is 0 Å². The van der Waals surface area contributed by atoms with Crippen molar-refractivity contribution in [3.8, 4) is 0 Å². The van der Waals surface area contributed by atoms with Crippen molar-refractivity contribution in [2.45, 2.75) is 11.8 Å². The third-order valence-corrected chi connectivity index (χ3v) is 4.67. The lowest BCUT2D eigenvalue weighted by molar-refractivity contribution is -0.385. The molecule has 1 aromatic carbocycles. The second-order valence-electron chi connectivity index (χ2n) is 4.24. The van der Waals surface area contributed by atoms with Crippen LogP contribution >= 0.6 is 0 Å². The molecule has 2 rings (SSSR count). The number of hydrogen-bond donors (Lipinski definition) is 0. The maximum absolute atomic E-state index is 12.5. The second kappa shape index (κ2) is 5.44. The molecule has 9 heteroatoms. The fourth-order valence-corrected chi connectivity index (χ4v) is 2.84. The Morgan fingerprint density at radius 1 is 1.29 bits per heavy atom.